The van der Waals surface area contributed by atoms with E-state index in [-0.39, 0.29) is 0 Å². The summed E-state index contributed by atoms with van der Waals surface area (Å²) in [5.41, 5.74) is 13.4. The molecule has 3 N–H and O–H groups in total. The molecule has 0 bridgehead atoms. The lowest BCUT2D eigenvalue weighted by Crippen LogP contribution is -2.24. The molecule has 0 saturated carbocycles. The molecule has 0 saturated heterocycles. The van der Waals surface area contributed by atoms with Crippen LogP contribution in [0.15, 0.2) is 57.7 Å². The molecule has 0 spiro atoms. The molecule has 0 unspecified atom stereocenters. The molecule has 0 atom stereocenters. The predicted octanol–water partition coefficient (Wildman–Crippen LogP) is 3.28. The first kappa shape index (κ1) is 17.0. The molecule has 5 nitrogen and oxygen atoms in total. The van der Waals surface area contributed by atoms with Crippen LogP contribution in [-0.2, 0) is 11.3 Å². The standard InChI is InChI=1S/C18H23N3O2/c1-13-8-16(10-20-21-18(19)22)17(9-14(13)2)12-23-11-15-6-4-3-5-7-15/h3-7,10H,8-9,11-12H2,1-2H3,(H3,19,21,22)/b20-10+. The minimum absolute atomic E-state index is 0.553. The Hall–Kier alpha value is -2.40. The van der Waals surface area contributed by atoms with Crippen LogP contribution in [0.5, 0.6) is 0 Å². The third-order valence-electron chi connectivity index (χ3n) is 3.90. The van der Waals surface area contributed by atoms with Crippen molar-refractivity contribution in [1.82, 2.24) is 5.43 Å². The van der Waals surface area contributed by atoms with Gasteiger partial charge in [0.2, 0.25) is 0 Å². The van der Waals surface area contributed by atoms with Gasteiger partial charge in [-0.15, -0.1) is 0 Å². The van der Waals surface area contributed by atoms with Gasteiger partial charge >= 0.3 is 6.03 Å². The molecule has 1 aromatic carbocycles. The molecule has 0 fully saturated rings. The van der Waals surface area contributed by atoms with E-state index in [9.17, 15) is 4.79 Å². The molecule has 0 aromatic heterocycles. The summed E-state index contributed by atoms with van der Waals surface area (Å²) in [7, 11) is 0. The zero-order valence-corrected chi connectivity index (χ0v) is 13.6. The Kier molecular flexibility index (Phi) is 6.11. The quantitative estimate of drug-likeness (QED) is 0.480. The lowest BCUT2D eigenvalue weighted by atomic mass is 9.88. The fraction of sp³-hybridized carbons (Fsp3) is 0.333. The van der Waals surface area contributed by atoms with E-state index in [1.165, 1.54) is 16.7 Å². The van der Waals surface area contributed by atoms with E-state index in [4.69, 9.17) is 10.5 Å². The highest BCUT2D eigenvalue weighted by atomic mass is 16.5. The fourth-order valence-electron chi connectivity index (χ4n) is 2.47. The molecule has 23 heavy (non-hydrogen) atoms. The third-order valence-corrected chi connectivity index (χ3v) is 3.90. The van der Waals surface area contributed by atoms with Crippen molar-refractivity contribution < 1.29 is 9.53 Å². The van der Waals surface area contributed by atoms with Crippen LogP contribution in [0.1, 0.15) is 32.3 Å². The van der Waals surface area contributed by atoms with E-state index in [0.29, 0.717) is 13.2 Å². The predicted molar refractivity (Wildman–Crippen MR) is 91.9 cm³/mol. The smallest absolute Gasteiger partial charge is 0.332 e. The van der Waals surface area contributed by atoms with Gasteiger partial charge in [-0.25, -0.2) is 10.2 Å². The SMILES string of the molecule is CC1=C(C)CC(COCc2ccccc2)=C(/C=N/NC(N)=O)C1. The lowest BCUT2D eigenvalue weighted by Gasteiger charge is -2.21. The van der Waals surface area contributed by atoms with E-state index in [1.807, 2.05) is 30.3 Å². The van der Waals surface area contributed by atoms with Crippen molar-refractivity contribution in [3.8, 4) is 0 Å². The topological polar surface area (TPSA) is 76.7 Å². The number of urea groups is 1. The van der Waals surface area contributed by atoms with Crippen molar-refractivity contribution in [3.05, 3.63) is 58.2 Å². The van der Waals surface area contributed by atoms with Crippen LogP contribution in [0.25, 0.3) is 0 Å². The van der Waals surface area contributed by atoms with Crippen LogP contribution in [0, 0.1) is 0 Å². The molecule has 0 aliphatic heterocycles. The fourth-order valence-corrected chi connectivity index (χ4v) is 2.47. The van der Waals surface area contributed by atoms with Gasteiger partial charge in [-0.2, -0.15) is 5.10 Å². The monoisotopic (exact) mass is 313 g/mol. The van der Waals surface area contributed by atoms with Gasteiger partial charge in [-0.05, 0) is 43.4 Å². The van der Waals surface area contributed by atoms with Gasteiger partial charge in [0.1, 0.15) is 0 Å². The second-order valence-corrected chi connectivity index (χ2v) is 5.76. The summed E-state index contributed by atoms with van der Waals surface area (Å²) in [6.07, 6.45) is 3.36. The molecule has 0 heterocycles. The number of ether oxygens (including phenoxy) is 1. The Morgan fingerprint density at radius 2 is 1.91 bits per heavy atom. The maximum atomic E-state index is 10.7. The van der Waals surface area contributed by atoms with Crippen molar-refractivity contribution >= 4 is 12.2 Å². The number of hydrogen-bond donors (Lipinski definition) is 2. The van der Waals surface area contributed by atoms with Crippen LogP contribution in [-0.4, -0.2) is 18.9 Å². The molecule has 2 amide bonds. The van der Waals surface area contributed by atoms with Crippen molar-refractivity contribution in [1.29, 1.82) is 0 Å². The summed E-state index contributed by atoms with van der Waals surface area (Å²) in [6.45, 7) is 5.39. The average molecular weight is 313 g/mol. The number of carbonyl (C=O) groups excluding carboxylic acids is 1. The Morgan fingerprint density at radius 3 is 2.61 bits per heavy atom. The van der Waals surface area contributed by atoms with E-state index >= 15 is 0 Å². The van der Waals surface area contributed by atoms with Crippen LogP contribution < -0.4 is 11.2 Å². The first-order valence-corrected chi connectivity index (χ1v) is 7.62. The Labute approximate surface area is 136 Å². The van der Waals surface area contributed by atoms with Crippen LogP contribution in [0.3, 0.4) is 0 Å². The number of nitrogens with zero attached hydrogens (tertiary/aromatic N) is 1. The highest BCUT2D eigenvalue weighted by Crippen LogP contribution is 2.29. The summed E-state index contributed by atoms with van der Waals surface area (Å²) in [6, 6.07) is 9.42. The summed E-state index contributed by atoms with van der Waals surface area (Å²) in [4.78, 5) is 10.7. The minimum Gasteiger partial charge on any atom is -0.372 e. The van der Waals surface area contributed by atoms with Crippen molar-refractivity contribution in [2.24, 2.45) is 10.8 Å². The number of primary amides is 1. The zero-order valence-electron chi connectivity index (χ0n) is 13.6. The molecule has 122 valence electrons. The normalized spacial score (nSPS) is 15.4. The summed E-state index contributed by atoms with van der Waals surface area (Å²) in [5, 5.41) is 3.88. The summed E-state index contributed by atoms with van der Waals surface area (Å²) in [5.74, 6) is 0. The minimum atomic E-state index is -0.664. The molecular weight excluding hydrogens is 290 g/mol. The van der Waals surface area contributed by atoms with Crippen molar-refractivity contribution in [2.75, 3.05) is 6.61 Å². The number of benzene rings is 1. The van der Waals surface area contributed by atoms with Gasteiger partial charge in [0.15, 0.2) is 0 Å². The largest absolute Gasteiger partial charge is 0.372 e. The maximum Gasteiger partial charge on any atom is 0.332 e. The Morgan fingerprint density at radius 1 is 1.22 bits per heavy atom. The van der Waals surface area contributed by atoms with Gasteiger partial charge < -0.3 is 10.5 Å². The molecule has 1 aliphatic carbocycles. The number of amides is 2. The Balaban J connectivity index is 2.00. The number of nitrogens with two attached hydrogens (primary N) is 1. The van der Waals surface area contributed by atoms with E-state index in [1.54, 1.807) is 6.21 Å². The van der Waals surface area contributed by atoms with Crippen LogP contribution in [0.2, 0.25) is 0 Å². The zero-order chi connectivity index (χ0) is 16.7. The Bertz CT molecular complexity index is 645. The van der Waals surface area contributed by atoms with E-state index in [2.05, 4.69) is 24.4 Å². The third kappa shape index (κ3) is 5.38. The molecule has 2 rings (SSSR count). The summed E-state index contributed by atoms with van der Waals surface area (Å²) < 4.78 is 5.85. The molecular formula is C18H23N3O2. The van der Waals surface area contributed by atoms with Crippen molar-refractivity contribution in [2.45, 2.75) is 33.3 Å². The lowest BCUT2D eigenvalue weighted by molar-refractivity contribution is 0.140. The van der Waals surface area contributed by atoms with Gasteiger partial charge in [0.25, 0.3) is 0 Å². The van der Waals surface area contributed by atoms with Gasteiger partial charge in [0.05, 0.1) is 19.4 Å². The highest BCUT2D eigenvalue weighted by Gasteiger charge is 2.15. The van der Waals surface area contributed by atoms with Crippen LogP contribution in [0.4, 0.5) is 4.79 Å². The van der Waals surface area contributed by atoms with Gasteiger partial charge in [-0.1, -0.05) is 41.5 Å². The van der Waals surface area contributed by atoms with Gasteiger partial charge in [-0.3, -0.25) is 0 Å². The molecule has 1 aliphatic rings. The molecule has 5 heteroatoms. The first-order chi connectivity index (χ1) is 11.1. The number of carbonyl (C=O) groups is 1. The number of hydrazone groups is 1. The molecule has 0 radical (unpaired) electrons. The number of rotatable bonds is 6. The van der Waals surface area contributed by atoms with E-state index in [0.717, 1.165) is 24.0 Å². The van der Waals surface area contributed by atoms with Gasteiger partial charge in [0, 0.05) is 0 Å². The summed E-state index contributed by atoms with van der Waals surface area (Å²) >= 11 is 0. The second kappa shape index (κ2) is 8.29. The maximum absolute atomic E-state index is 10.7. The van der Waals surface area contributed by atoms with Crippen LogP contribution >= 0.6 is 0 Å². The van der Waals surface area contributed by atoms with Crippen molar-refractivity contribution in [3.63, 3.8) is 0 Å². The second-order valence-electron chi connectivity index (χ2n) is 5.76. The number of hydrogen-bond acceptors (Lipinski definition) is 3. The van der Waals surface area contributed by atoms with E-state index < -0.39 is 6.03 Å². The number of nitrogens with one attached hydrogen (secondary N) is 1. The first-order valence-electron chi connectivity index (χ1n) is 7.62. The number of allylic oxidation sites excluding steroid dienone is 3. The highest BCUT2D eigenvalue weighted by molar-refractivity contribution is 5.82. The average Bonchev–Trinajstić information content (AvgIpc) is 2.52. The molecule has 1 aromatic rings.